The summed E-state index contributed by atoms with van der Waals surface area (Å²) in [7, 11) is 1.54. The number of hydrogen-bond donors (Lipinski definition) is 2. The fourth-order valence-corrected chi connectivity index (χ4v) is 1.34. The zero-order valence-electron chi connectivity index (χ0n) is 10.7. The summed E-state index contributed by atoms with van der Waals surface area (Å²) < 4.78 is 5.14. The monoisotopic (exact) mass is 251 g/mol. The van der Waals surface area contributed by atoms with E-state index in [1.807, 2.05) is 18.2 Å². The molecule has 0 saturated carbocycles. The predicted octanol–water partition coefficient (Wildman–Crippen LogP) is 1.42. The summed E-state index contributed by atoms with van der Waals surface area (Å²) in [6, 6.07) is 7.24. The average Bonchev–Trinajstić information content (AvgIpc) is 2.35. The van der Waals surface area contributed by atoms with Crippen LogP contribution in [-0.2, 0) is 16.1 Å². The second-order valence-corrected chi connectivity index (χ2v) is 4.42. The van der Waals surface area contributed by atoms with Gasteiger partial charge in [0.2, 0.25) is 5.91 Å². The summed E-state index contributed by atoms with van der Waals surface area (Å²) in [4.78, 5) is 22.7. The smallest absolute Gasteiger partial charge is 0.318 e. The molecular formula is C13H17NO4. The average molecular weight is 251 g/mol. The SMILES string of the molecule is COc1ccccc1CNC(=O)C(C)(C)C(=O)O. The quantitative estimate of drug-likeness (QED) is 0.776. The molecule has 18 heavy (non-hydrogen) atoms. The lowest BCUT2D eigenvalue weighted by atomic mass is 9.92. The summed E-state index contributed by atoms with van der Waals surface area (Å²) in [6.45, 7) is 2.97. The Bertz CT molecular complexity index is 454. The van der Waals surface area contributed by atoms with Gasteiger partial charge in [-0.15, -0.1) is 0 Å². The van der Waals surface area contributed by atoms with Gasteiger partial charge in [0.15, 0.2) is 0 Å². The molecule has 0 bridgehead atoms. The minimum atomic E-state index is -1.44. The van der Waals surface area contributed by atoms with Gasteiger partial charge in [0.05, 0.1) is 7.11 Å². The van der Waals surface area contributed by atoms with Crippen LogP contribution in [0, 0.1) is 5.41 Å². The molecule has 1 amide bonds. The largest absolute Gasteiger partial charge is 0.496 e. The number of rotatable bonds is 5. The van der Waals surface area contributed by atoms with Crippen molar-refractivity contribution in [2.75, 3.05) is 7.11 Å². The highest BCUT2D eigenvalue weighted by Crippen LogP contribution is 2.19. The zero-order chi connectivity index (χ0) is 13.8. The van der Waals surface area contributed by atoms with Crippen LogP contribution in [0.4, 0.5) is 0 Å². The van der Waals surface area contributed by atoms with Crippen LogP contribution >= 0.6 is 0 Å². The number of para-hydroxylation sites is 1. The lowest BCUT2D eigenvalue weighted by molar-refractivity contribution is -0.153. The molecule has 98 valence electrons. The number of ether oxygens (including phenoxy) is 1. The minimum Gasteiger partial charge on any atom is -0.496 e. The van der Waals surface area contributed by atoms with Crippen molar-refractivity contribution in [2.45, 2.75) is 20.4 Å². The molecule has 0 unspecified atom stereocenters. The van der Waals surface area contributed by atoms with E-state index in [9.17, 15) is 9.59 Å². The van der Waals surface area contributed by atoms with Gasteiger partial charge in [0.25, 0.3) is 0 Å². The van der Waals surface area contributed by atoms with Crippen LogP contribution in [0.25, 0.3) is 0 Å². The number of methoxy groups -OCH3 is 1. The Morgan fingerprint density at radius 2 is 1.94 bits per heavy atom. The van der Waals surface area contributed by atoms with Gasteiger partial charge < -0.3 is 15.2 Å². The molecule has 0 aliphatic carbocycles. The van der Waals surface area contributed by atoms with Gasteiger partial charge >= 0.3 is 5.97 Å². The summed E-state index contributed by atoms with van der Waals surface area (Å²) in [5.41, 5.74) is -0.642. The predicted molar refractivity (Wildman–Crippen MR) is 66.3 cm³/mol. The summed E-state index contributed by atoms with van der Waals surface area (Å²) in [5, 5.41) is 11.5. The third-order valence-corrected chi connectivity index (χ3v) is 2.73. The maximum absolute atomic E-state index is 11.7. The summed E-state index contributed by atoms with van der Waals surface area (Å²) in [6.07, 6.45) is 0. The Labute approximate surface area is 106 Å². The minimum absolute atomic E-state index is 0.236. The third-order valence-electron chi connectivity index (χ3n) is 2.73. The number of carboxylic acids is 1. The van der Waals surface area contributed by atoms with E-state index in [1.165, 1.54) is 13.8 Å². The maximum atomic E-state index is 11.7. The number of hydrogen-bond acceptors (Lipinski definition) is 3. The molecule has 0 spiro atoms. The van der Waals surface area contributed by atoms with Crippen LogP contribution in [0.15, 0.2) is 24.3 Å². The number of carbonyl (C=O) groups is 2. The first-order valence-electron chi connectivity index (χ1n) is 5.53. The maximum Gasteiger partial charge on any atom is 0.318 e. The van der Waals surface area contributed by atoms with Crippen molar-refractivity contribution < 1.29 is 19.4 Å². The molecule has 0 saturated heterocycles. The van der Waals surface area contributed by atoms with Crippen LogP contribution in [0.2, 0.25) is 0 Å². The number of carboxylic acid groups (broad SMARTS) is 1. The van der Waals surface area contributed by atoms with Crippen LogP contribution < -0.4 is 10.1 Å². The molecule has 5 nitrogen and oxygen atoms in total. The second kappa shape index (κ2) is 5.53. The van der Waals surface area contributed by atoms with E-state index in [0.717, 1.165) is 5.56 Å². The van der Waals surface area contributed by atoms with Gasteiger partial charge in [-0.05, 0) is 19.9 Å². The Hall–Kier alpha value is -2.04. The van der Waals surface area contributed by atoms with E-state index in [0.29, 0.717) is 5.75 Å². The lowest BCUT2D eigenvalue weighted by Crippen LogP contribution is -2.42. The first-order valence-corrected chi connectivity index (χ1v) is 5.53. The van der Waals surface area contributed by atoms with E-state index < -0.39 is 17.3 Å². The molecule has 0 heterocycles. The van der Waals surface area contributed by atoms with Crippen molar-refractivity contribution in [2.24, 2.45) is 5.41 Å². The molecule has 0 fully saturated rings. The third kappa shape index (κ3) is 3.00. The Kier molecular flexibility index (Phi) is 4.31. The molecule has 0 aliphatic heterocycles. The van der Waals surface area contributed by atoms with Crippen molar-refractivity contribution in [1.82, 2.24) is 5.32 Å². The summed E-state index contributed by atoms with van der Waals surface area (Å²) in [5.74, 6) is -1.02. The number of aliphatic carboxylic acids is 1. The fraction of sp³-hybridized carbons (Fsp3) is 0.385. The molecular weight excluding hydrogens is 234 g/mol. The van der Waals surface area contributed by atoms with Gasteiger partial charge in [-0.2, -0.15) is 0 Å². The molecule has 0 aromatic heterocycles. The van der Waals surface area contributed by atoms with E-state index >= 15 is 0 Å². The van der Waals surface area contributed by atoms with Gasteiger partial charge in [-0.3, -0.25) is 9.59 Å². The van der Waals surface area contributed by atoms with Crippen molar-refractivity contribution in [3.05, 3.63) is 29.8 Å². The van der Waals surface area contributed by atoms with E-state index in [-0.39, 0.29) is 6.54 Å². The molecule has 1 aromatic carbocycles. The van der Waals surface area contributed by atoms with Gasteiger partial charge in [0, 0.05) is 12.1 Å². The highest BCUT2D eigenvalue weighted by Gasteiger charge is 2.35. The van der Waals surface area contributed by atoms with Crippen LogP contribution in [0.5, 0.6) is 5.75 Å². The van der Waals surface area contributed by atoms with E-state index in [2.05, 4.69) is 5.32 Å². The zero-order valence-corrected chi connectivity index (χ0v) is 10.7. The fourth-order valence-electron chi connectivity index (χ4n) is 1.34. The van der Waals surface area contributed by atoms with Crippen LogP contribution in [0.1, 0.15) is 19.4 Å². The van der Waals surface area contributed by atoms with E-state index in [4.69, 9.17) is 9.84 Å². The first kappa shape index (κ1) is 14.0. The number of benzene rings is 1. The highest BCUT2D eigenvalue weighted by molar-refractivity contribution is 6.00. The Balaban J connectivity index is 2.71. The van der Waals surface area contributed by atoms with Crippen molar-refractivity contribution in [1.29, 1.82) is 0 Å². The highest BCUT2D eigenvalue weighted by atomic mass is 16.5. The van der Waals surface area contributed by atoms with Crippen LogP contribution in [-0.4, -0.2) is 24.1 Å². The van der Waals surface area contributed by atoms with Crippen molar-refractivity contribution in [3.63, 3.8) is 0 Å². The molecule has 0 aliphatic rings. The molecule has 5 heteroatoms. The molecule has 1 aromatic rings. The van der Waals surface area contributed by atoms with Gasteiger partial charge in [0.1, 0.15) is 11.2 Å². The summed E-state index contributed by atoms with van der Waals surface area (Å²) >= 11 is 0. The molecule has 1 rings (SSSR count). The lowest BCUT2D eigenvalue weighted by Gasteiger charge is -2.18. The van der Waals surface area contributed by atoms with E-state index in [1.54, 1.807) is 13.2 Å². The normalized spacial score (nSPS) is 10.8. The topological polar surface area (TPSA) is 75.6 Å². The molecule has 2 N–H and O–H groups in total. The first-order chi connectivity index (χ1) is 8.39. The Morgan fingerprint density at radius 1 is 1.33 bits per heavy atom. The Morgan fingerprint density at radius 3 is 2.50 bits per heavy atom. The van der Waals surface area contributed by atoms with Gasteiger partial charge in [-0.1, -0.05) is 18.2 Å². The van der Waals surface area contributed by atoms with Crippen molar-refractivity contribution in [3.8, 4) is 5.75 Å². The van der Waals surface area contributed by atoms with Gasteiger partial charge in [-0.25, -0.2) is 0 Å². The standard InChI is InChI=1S/C13H17NO4/c1-13(2,12(16)17)11(15)14-8-9-6-4-5-7-10(9)18-3/h4-7H,8H2,1-3H3,(H,14,15)(H,16,17). The molecule has 0 radical (unpaired) electrons. The van der Waals surface area contributed by atoms with Crippen LogP contribution in [0.3, 0.4) is 0 Å². The second-order valence-electron chi connectivity index (χ2n) is 4.42. The van der Waals surface area contributed by atoms with Crippen molar-refractivity contribution >= 4 is 11.9 Å². The molecule has 0 atom stereocenters. The number of carbonyl (C=O) groups excluding carboxylic acids is 1. The number of nitrogens with one attached hydrogen (secondary N) is 1. The number of amides is 1.